The van der Waals surface area contributed by atoms with Crippen molar-refractivity contribution >= 4 is 42.6 Å². The van der Waals surface area contributed by atoms with Gasteiger partial charge >= 0.3 is 0 Å². The lowest BCUT2D eigenvalue weighted by Crippen LogP contribution is -2.47. The number of aryl methyl sites for hydroxylation is 2. The van der Waals surface area contributed by atoms with E-state index in [1.807, 2.05) is 37.3 Å². The van der Waals surface area contributed by atoms with E-state index in [1.165, 1.54) is 15.6 Å². The zero-order chi connectivity index (χ0) is 25.3. The van der Waals surface area contributed by atoms with Crippen molar-refractivity contribution in [3.63, 3.8) is 0 Å². The molecule has 0 bridgehead atoms. The maximum Gasteiger partial charge on any atom is 0.247 e. The molecular formula is C27H28N4O3S2. The number of aromatic nitrogens is 2. The van der Waals surface area contributed by atoms with Crippen LogP contribution >= 0.6 is 11.3 Å². The largest absolute Gasteiger partial charge is 0.282 e. The Bertz CT molecular complexity index is 1480. The SMILES string of the molecule is CCc1cccc2sc(N(Cc3cccnc3)C(=O)C3CCCN3S(=O)(=O)c3ccc(C)cc3)nc12. The maximum absolute atomic E-state index is 14.1. The van der Waals surface area contributed by atoms with E-state index in [0.717, 1.165) is 33.3 Å². The maximum atomic E-state index is 14.1. The molecule has 1 unspecified atom stereocenters. The molecule has 0 spiro atoms. The van der Waals surface area contributed by atoms with Gasteiger partial charge in [0.1, 0.15) is 6.04 Å². The van der Waals surface area contributed by atoms with Crippen LogP contribution in [0.25, 0.3) is 10.2 Å². The summed E-state index contributed by atoms with van der Waals surface area (Å²) in [7, 11) is -3.82. The van der Waals surface area contributed by atoms with Crippen LogP contribution in [0, 0.1) is 6.92 Å². The molecule has 36 heavy (non-hydrogen) atoms. The second-order valence-electron chi connectivity index (χ2n) is 8.99. The van der Waals surface area contributed by atoms with Gasteiger partial charge in [-0.3, -0.25) is 14.7 Å². The number of amides is 1. The van der Waals surface area contributed by atoms with Crippen molar-refractivity contribution in [2.24, 2.45) is 0 Å². The van der Waals surface area contributed by atoms with Crippen molar-refractivity contribution in [3.8, 4) is 0 Å². The molecule has 2 aromatic carbocycles. The minimum absolute atomic E-state index is 0.208. The van der Waals surface area contributed by atoms with E-state index >= 15 is 0 Å². The van der Waals surface area contributed by atoms with Crippen molar-refractivity contribution in [1.82, 2.24) is 14.3 Å². The van der Waals surface area contributed by atoms with E-state index in [1.54, 1.807) is 41.6 Å². The third-order valence-electron chi connectivity index (χ3n) is 6.55. The summed E-state index contributed by atoms with van der Waals surface area (Å²) in [4.78, 5) is 25.0. The van der Waals surface area contributed by atoms with Gasteiger partial charge in [0.15, 0.2) is 5.13 Å². The molecule has 1 fully saturated rings. The first-order chi connectivity index (χ1) is 17.4. The molecule has 0 aliphatic carbocycles. The van der Waals surface area contributed by atoms with Crippen LogP contribution in [0.15, 0.2) is 71.9 Å². The number of pyridine rings is 1. The van der Waals surface area contributed by atoms with Crippen LogP contribution in [0.5, 0.6) is 0 Å². The molecule has 1 amide bonds. The number of carbonyl (C=O) groups excluding carboxylic acids is 1. The highest BCUT2D eigenvalue weighted by atomic mass is 32.2. The molecule has 4 aromatic rings. The number of thiazole rings is 1. The molecule has 5 rings (SSSR count). The summed E-state index contributed by atoms with van der Waals surface area (Å²) in [6, 6.07) is 15.8. The van der Waals surface area contributed by atoms with E-state index in [9.17, 15) is 13.2 Å². The summed E-state index contributed by atoms with van der Waals surface area (Å²) >= 11 is 1.45. The van der Waals surface area contributed by atoms with Gasteiger partial charge in [0.25, 0.3) is 0 Å². The van der Waals surface area contributed by atoms with E-state index in [0.29, 0.717) is 24.5 Å². The lowest BCUT2D eigenvalue weighted by molar-refractivity contribution is -0.121. The topological polar surface area (TPSA) is 83.5 Å². The summed E-state index contributed by atoms with van der Waals surface area (Å²) in [5.74, 6) is -0.260. The van der Waals surface area contributed by atoms with Crippen LogP contribution < -0.4 is 4.90 Å². The number of sulfonamides is 1. The van der Waals surface area contributed by atoms with Crippen molar-refractivity contribution in [1.29, 1.82) is 0 Å². The zero-order valence-electron chi connectivity index (χ0n) is 20.3. The van der Waals surface area contributed by atoms with Crippen molar-refractivity contribution in [3.05, 3.63) is 83.7 Å². The molecule has 0 saturated carbocycles. The Morgan fingerprint density at radius 1 is 1.14 bits per heavy atom. The number of benzene rings is 2. The molecule has 1 saturated heterocycles. The number of fused-ring (bicyclic) bond motifs is 1. The minimum Gasteiger partial charge on any atom is -0.282 e. The second kappa shape index (κ2) is 10.1. The van der Waals surface area contributed by atoms with E-state index in [4.69, 9.17) is 4.98 Å². The van der Waals surface area contributed by atoms with Crippen molar-refractivity contribution in [2.45, 2.75) is 50.6 Å². The van der Waals surface area contributed by atoms with Gasteiger partial charge in [-0.15, -0.1) is 0 Å². The Labute approximate surface area is 215 Å². The Balaban J connectivity index is 1.53. The fraction of sp³-hybridized carbons (Fsp3) is 0.296. The van der Waals surface area contributed by atoms with E-state index in [-0.39, 0.29) is 17.3 Å². The third kappa shape index (κ3) is 4.66. The molecule has 3 heterocycles. The molecular weight excluding hydrogens is 492 g/mol. The van der Waals surface area contributed by atoms with Gasteiger partial charge in [-0.2, -0.15) is 4.31 Å². The number of anilines is 1. The number of para-hydroxylation sites is 1. The number of rotatable bonds is 7. The Morgan fingerprint density at radius 3 is 2.67 bits per heavy atom. The fourth-order valence-electron chi connectivity index (χ4n) is 4.61. The summed E-state index contributed by atoms with van der Waals surface area (Å²) in [5.41, 5.74) is 3.84. The van der Waals surface area contributed by atoms with Crippen LogP contribution in [0.4, 0.5) is 5.13 Å². The van der Waals surface area contributed by atoms with Gasteiger partial charge in [-0.25, -0.2) is 13.4 Å². The van der Waals surface area contributed by atoms with Crippen LogP contribution in [0.2, 0.25) is 0 Å². The van der Waals surface area contributed by atoms with Gasteiger partial charge in [-0.05, 0) is 61.6 Å². The van der Waals surface area contributed by atoms with Gasteiger partial charge in [0.2, 0.25) is 15.9 Å². The molecule has 9 heteroatoms. The summed E-state index contributed by atoms with van der Waals surface area (Å²) in [6.07, 6.45) is 5.34. The minimum atomic E-state index is -3.82. The molecule has 1 aliphatic heterocycles. The van der Waals surface area contributed by atoms with Crippen LogP contribution in [0.3, 0.4) is 0 Å². The quantitative estimate of drug-likeness (QED) is 0.344. The lowest BCUT2D eigenvalue weighted by Gasteiger charge is -2.28. The van der Waals surface area contributed by atoms with E-state index < -0.39 is 16.1 Å². The highest BCUT2D eigenvalue weighted by molar-refractivity contribution is 7.89. The molecule has 0 N–H and O–H groups in total. The van der Waals surface area contributed by atoms with E-state index in [2.05, 4.69) is 11.9 Å². The molecule has 0 radical (unpaired) electrons. The Morgan fingerprint density at radius 2 is 1.94 bits per heavy atom. The summed E-state index contributed by atoms with van der Waals surface area (Å²) < 4.78 is 29.4. The van der Waals surface area contributed by atoms with Crippen LogP contribution in [-0.4, -0.2) is 41.2 Å². The second-order valence-corrected chi connectivity index (χ2v) is 11.9. The molecule has 1 atom stereocenters. The molecule has 7 nitrogen and oxygen atoms in total. The van der Waals surface area contributed by atoms with Gasteiger partial charge in [0.05, 0.1) is 21.7 Å². The predicted molar refractivity (Wildman–Crippen MR) is 143 cm³/mol. The third-order valence-corrected chi connectivity index (χ3v) is 9.51. The van der Waals surface area contributed by atoms with Crippen molar-refractivity contribution < 1.29 is 13.2 Å². The Hall–Kier alpha value is -3.14. The average molecular weight is 521 g/mol. The van der Waals surface area contributed by atoms with Gasteiger partial charge in [-0.1, -0.05) is 54.2 Å². The zero-order valence-corrected chi connectivity index (χ0v) is 21.9. The first-order valence-electron chi connectivity index (χ1n) is 12.1. The number of nitrogens with zero attached hydrogens (tertiary/aromatic N) is 4. The predicted octanol–water partition coefficient (Wildman–Crippen LogP) is 4.95. The highest BCUT2D eigenvalue weighted by Gasteiger charge is 2.42. The van der Waals surface area contributed by atoms with Crippen LogP contribution in [-0.2, 0) is 27.8 Å². The fourth-order valence-corrected chi connectivity index (χ4v) is 7.28. The van der Waals surface area contributed by atoms with Gasteiger partial charge in [0, 0.05) is 18.9 Å². The lowest BCUT2D eigenvalue weighted by atomic mass is 10.1. The monoisotopic (exact) mass is 520 g/mol. The number of hydrogen-bond donors (Lipinski definition) is 0. The normalized spacial score (nSPS) is 16.4. The van der Waals surface area contributed by atoms with Crippen molar-refractivity contribution in [2.75, 3.05) is 11.4 Å². The molecule has 1 aliphatic rings. The molecule has 186 valence electrons. The average Bonchev–Trinajstić information content (AvgIpc) is 3.55. The first kappa shape index (κ1) is 24.5. The summed E-state index contributed by atoms with van der Waals surface area (Å²) in [6.45, 7) is 4.57. The molecule has 2 aromatic heterocycles. The smallest absolute Gasteiger partial charge is 0.247 e. The Kier molecular flexibility index (Phi) is 6.87. The number of hydrogen-bond acceptors (Lipinski definition) is 6. The number of carbonyl (C=O) groups is 1. The standard InChI is InChI=1S/C27H28N4O3S2/c1-3-21-8-4-10-24-25(21)29-27(35-24)30(18-20-7-5-15-28-17-20)26(32)23-9-6-16-31(23)36(33,34)22-13-11-19(2)12-14-22/h4-5,7-8,10-15,17,23H,3,6,9,16,18H2,1-2H3. The summed E-state index contributed by atoms with van der Waals surface area (Å²) in [5, 5.41) is 0.569. The first-order valence-corrected chi connectivity index (χ1v) is 14.3. The highest BCUT2D eigenvalue weighted by Crippen LogP contribution is 2.34. The van der Waals surface area contributed by atoms with Crippen LogP contribution in [0.1, 0.15) is 36.5 Å². The van der Waals surface area contributed by atoms with Gasteiger partial charge < -0.3 is 0 Å².